The smallest absolute Gasteiger partial charge is 0.261 e. The maximum atomic E-state index is 14.0. The van der Waals surface area contributed by atoms with Crippen molar-refractivity contribution in [1.82, 2.24) is 35.0 Å². The molecule has 2 aromatic heterocycles. The van der Waals surface area contributed by atoms with Crippen LogP contribution in [0.15, 0.2) is 90.1 Å². The third-order valence-electron chi connectivity index (χ3n) is 11.1. The first-order chi connectivity index (χ1) is 27.6. The van der Waals surface area contributed by atoms with E-state index in [9.17, 15) is 24.3 Å². The van der Waals surface area contributed by atoms with Crippen molar-refractivity contribution in [2.45, 2.75) is 50.7 Å². The highest BCUT2D eigenvalue weighted by Gasteiger charge is 2.36. The second kappa shape index (κ2) is 18.4. The number of carbonyl (C=O) groups is 3. The predicted molar refractivity (Wildman–Crippen MR) is 221 cm³/mol. The normalized spacial score (nSPS) is 16.4. The van der Waals surface area contributed by atoms with E-state index in [2.05, 4.69) is 30.8 Å². The number of likely N-dealkylation sites (tertiary alicyclic amines) is 1. The first kappa shape index (κ1) is 40.0. The minimum Gasteiger partial charge on any atom is -0.388 e. The number of aliphatic hydroxyl groups is 1. The molecular formula is C43H49ClN8O5. The molecule has 14 heteroatoms. The Bertz CT molecular complexity index is 2270. The van der Waals surface area contributed by atoms with E-state index in [1.54, 1.807) is 48.7 Å². The van der Waals surface area contributed by atoms with Crippen LogP contribution in [0.4, 0.5) is 5.69 Å². The summed E-state index contributed by atoms with van der Waals surface area (Å²) in [7, 11) is 0. The number of anilines is 1. The molecule has 4 heterocycles. The molecule has 7 rings (SSSR count). The van der Waals surface area contributed by atoms with Crippen LogP contribution in [0.1, 0.15) is 48.0 Å². The van der Waals surface area contributed by atoms with Crippen LogP contribution in [0.25, 0.3) is 21.8 Å². The standard InChI is InChI=1S/C43H49ClN8O5/c44-36-12-17-46-37-26-31(8-10-34(36)37)40(54)47-16-4-7-32(25-30-5-2-1-3-6-30)41(55)51-21-14-43(57,15-22-51)28-52-29-48-38-27-33(9-11-35(38)42(52)56)49-39(53)13-20-50-23-18-45-19-24-50/h1-3,5-6,8-12,17,26-27,29,32,45,57H,4,7,13-16,18-25,28H2,(H,47,54)(H,49,53). The van der Waals surface area contributed by atoms with Crippen molar-refractivity contribution in [2.75, 3.05) is 57.7 Å². The summed E-state index contributed by atoms with van der Waals surface area (Å²) in [6.07, 6.45) is 5.78. The highest BCUT2D eigenvalue weighted by atomic mass is 35.5. The Labute approximate surface area is 336 Å². The molecule has 0 radical (unpaired) electrons. The van der Waals surface area contributed by atoms with E-state index in [0.717, 1.165) is 37.1 Å². The molecule has 5 aromatic rings. The molecule has 3 aromatic carbocycles. The summed E-state index contributed by atoms with van der Waals surface area (Å²) >= 11 is 6.26. The number of amides is 3. The van der Waals surface area contributed by atoms with Gasteiger partial charge in [0.05, 0.1) is 39.9 Å². The number of nitrogens with zero attached hydrogens (tertiary/aromatic N) is 5. The Hall–Kier alpha value is -5.21. The van der Waals surface area contributed by atoms with E-state index in [1.807, 2.05) is 35.2 Å². The minimum absolute atomic E-state index is 0.0148. The fourth-order valence-electron chi connectivity index (χ4n) is 7.76. The van der Waals surface area contributed by atoms with Crippen LogP contribution in [-0.4, -0.2) is 105 Å². The molecule has 2 aliphatic rings. The van der Waals surface area contributed by atoms with Gasteiger partial charge in [-0.1, -0.05) is 48.0 Å². The van der Waals surface area contributed by atoms with Gasteiger partial charge in [0.1, 0.15) is 0 Å². The lowest BCUT2D eigenvalue weighted by atomic mass is 9.88. The number of carbonyl (C=O) groups excluding carboxylic acids is 3. The van der Waals surface area contributed by atoms with Gasteiger partial charge in [-0.15, -0.1) is 0 Å². The molecule has 1 unspecified atom stereocenters. The number of nitrogens with one attached hydrogen (secondary N) is 3. The quantitative estimate of drug-likeness (QED) is 0.121. The van der Waals surface area contributed by atoms with Crippen LogP contribution in [0.2, 0.25) is 5.02 Å². The van der Waals surface area contributed by atoms with Crippen molar-refractivity contribution < 1.29 is 19.5 Å². The number of rotatable bonds is 14. The molecule has 13 nitrogen and oxygen atoms in total. The SMILES string of the molecule is O=C(CCN1CCNCC1)Nc1ccc2c(=O)n(CC3(O)CCN(C(=O)C(CCCNC(=O)c4ccc5c(Cl)ccnc5c4)Cc4ccccc4)CC3)cnc2c1. The van der Waals surface area contributed by atoms with E-state index < -0.39 is 5.60 Å². The van der Waals surface area contributed by atoms with Gasteiger partial charge in [-0.25, -0.2) is 4.98 Å². The Balaban J connectivity index is 0.926. The highest BCUT2D eigenvalue weighted by Crippen LogP contribution is 2.27. The molecule has 2 aliphatic heterocycles. The van der Waals surface area contributed by atoms with Crippen molar-refractivity contribution >= 4 is 56.8 Å². The summed E-state index contributed by atoms with van der Waals surface area (Å²) in [6, 6.07) is 21.9. The second-order valence-corrected chi connectivity index (χ2v) is 15.6. The van der Waals surface area contributed by atoms with Gasteiger partial charge < -0.3 is 30.9 Å². The number of halogens is 1. The van der Waals surface area contributed by atoms with Gasteiger partial charge in [-0.2, -0.15) is 0 Å². The van der Waals surface area contributed by atoms with Crippen LogP contribution in [0, 0.1) is 5.92 Å². The number of benzene rings is 3. The maximum absolute atomic E-state index is 14.0. The topological polar surface area (TPSA) is 162 Å². The molecule has 57 heavy (non-hydrogen) atoms. The van der Waals surface area contributed by atoms with Gasteiger partial charge in [0.15, 0.2) is 0 Å². The predicted octanol–water partition coefficient (Wildman–Crippen LogP) is 4.25. The summed E-state index contributed by atoms with van der Waals surface area (Å²) in [5.41, 5.74) is 1.75. The fourth-order valence-corrected chi connectivity index (χ4v) is 7.98. The third-order valence-corrected chi connectivity index (χ3v) is 11.4. The van der Waals surface area contributed by atoms with Gasteiger partial charge in [-0.3, -0.25) is 28.7 Å². The lowest BCUT2D eigenvalue weighted by Crippen LogP contribution is -2.51. The number of hydrogen-bond acceptors (Lipinski definition) is 9. The Kier molecular flexibility index (Phi) is 12.9. The van der Waals surface area contributed by atoms with Crippen LogP contribution in [0.5, 0.6) is 0 Å². The number of hydrogen-bond donors (Lipinski definition) is 4. The zero-order chi connectivity index (χ0) is 39.8. The van der Waals surface area contributed by atoms with Crippen molar-refractivity contribution in [3.63, 3.8) is 0 Å². The Morgan fingerprint density at radius 2 is 1.67 bits per heavy atom. The van der Waals surface area contributed by atoms with Crippen molar-refractivity contribution in [3.05, 3.63) is 112 Å². The van der Waals surface area contributed by atoms with Gasteiger partial charge in [0.25, 0.3) is 11.5 Å². The molecule has 298 valence electrons. The summed E-state index contributed by atoms with van der Waals surface area (Å²) in [6.45, 7) is 5.55. The molecule has 0 spiro atoms. The van der Waals surface area contributed by atoms with Crippen molar-refractivity contribution in [2.24, 2.45) is 5.92 Å². The number of aromatic nitrogens is 3. The van der Waals surface area contributed by atoms with Crippen LogP contribution >= 0.6 is 11.6 Å². The molecule has 2 fully saturated rings. The van der Waals surface area contributed by atoms with Gasteiger partial charge in [0.2, 0.25) is 11.8 Å². The summed E-state index contributed by atoms with van der Waals surface area (Å²) in [5, 5.41) is 22.6. The molecule has 0 saturated carbocycles. The molecule has 0 bridgehead atoms. The van der Waals surface area contributed by atoms with Gasteiger partial charge in [-0.05, 0) is 74.1 Å². The largest absolute Gasteiger partial charge is 0.388 e. The molecule has 0 aliphatic carbocycles. The van der Waals surface area contributed by atoms with Crippen LogP contribution in [-0.2, 0) is 22.6 Å². The van der Waals surface area contributed by atoms with Crippen LogP contribution < -0.4 is 21.5 Å². The van der Waals surface area contributed by atoms with E-state index in [0.29, 0.717) is 97.4 Å². The van der Waals surface area contributed by atoms with Crippen LogP contribution in [0.3, 0.4) is 0 Å². The Morgan fingerprint density at radius 1 is 0.912 bits per heavy atom. The number of fused-ring (bicyclic) bond motifs is 2. The molecule has 2 saturated heterocycles. The number of pyridine rings is 1. The number of piperazine rings is 1. The first-order valence-corrected chi connectivity index (χ1v) is 20.1. The van der Waals surface area contributed by atoms with Gasteiger partial charge in [0, 0.05) is 87.5 Å². The lowest BCUT2D eigenvalue weighted by molar-refractivity contribution is -0.140. The van der Waals surface area contributed by atoms with Crippen molar-refractivity contribution in [1.29, 1.82) is 0 Å². The third kappa shape index (κ3) is 10.2. The fraction of sp³-hybridized carbons (Fsp3) is 0.395. The average molecular weight is 793 g/mol. The summed E-state index contributed by atoms with van der Waals surface area (Å²) < 4.78 is 1.43. The molecule has 1 atom stereocenters. The monoisotopic (exact) mass is 792 g/mol. The number of piperidine rings is 1. The molecular weight excluding hydrogens is 744 g/mol. The van der Waals surface area contributed by atoms with E-state index >= 15 is 0 Å². The second-order valence-electron chi connectivity index (χ2n) is 15.2. The molecule has 4 N–H and O–H groups in total. The van der Waals surface area contributed by atoms with Crippen molar-refractivity contribution in [3.8, 4) is 0 Å². The highest BCUT2D eigenvalue weighted by molar-refractivity contribution is 6.35. The summed E-state index contributed by atoms with van der Waals surface area (Å²) in [5.74, 6) is -0.602. The minimum atomic E-state index is -1.20. The van der Waals surface area contributed by atoms with E-state index in [4.69, 9.17) is 11.6 Å². The first-order valence-electron chi connectivity index (χ1n) is 19.7. The average Bonchev–Trinajstić information content (AvgIpc) is 3.23. The lowest BCUT2D eigenvalue weighted by Gasteiger charge is -2.39. The molecule has 3 amide bonds. The maximum Gasteiger partial charge on any atom is 0.261 e. The van der Waals surface area contributed by atoms with Gasteiger partial charge >= 0.3 is 0 Å². The Morgan fingerprint density at radius 3 is 2.46 bits per heavy atom. The zero-order valence-electron chi connectivity index (χ0n) is 32.0. The summed E-state index contributed by atoms with van der Waals surface area (Å²) in [4.78, 5) is 66.0. The van der Waals surface area contributed by atoms with E-state index in [-0.39, 0.29) is 35.7 Å². The zero-order valence-corrected chi connectivity index (χ0v) is 32.7. The van der Waals surface area contributed by atoms with E-state index in [1.165, 1.54) is 10.9 Å².